The van der Waals surface area contributed by atoms with Crippen molar-refractivity contribution in [1.29, 1.82) is 0 Å². The molecule has 0 saturated heterocycles. The lowest BCUT2D eigenvalue weighted by atomic mass is 9.96. The van der Waals surface area contributed by atoms with Crippen LogP contribution >= 0.6 is 0 Å². The molecule has 5 nitrogen and oxygen atoms in total. The number of anilines is 2. The average molecular weight is 231 g/mol. The van der Waals surface area contributed by atoms with Crippen molar-refractivity contribution in [3.05, 3.63) is 30.0 Å². The fourth-order valence-corrected chi connectivity index (χ4v) is 1.40. The van der Waals surface area contributed by atoms with Crippen LogP contribution < -0.4 is 5.32 Å². The molecule has 90 valence electrons. The van der Waals surface area contributed by atoms with Crippen molar-refractivity contribution < 1.29 is 0 Å². The fourth-order valence-electron chi connectivity index (χ4n) is 1.40. The van der Waals surface area contributed by atoms with Crippen molar-refractivity contribution >= 4 is 11.5 Å². The van der Waals surface area contributed by atoms with Crippen LogP contribution in [0.2, 0.25) is 0 Å². The van der Waals surface area contributed by atoms with Crippen molar-refractivity contribution in [3.8, 4) is 0 Å². The summed E-state index contributed by atoms with van der Waals surface area (Å²) in [7, 11) is 0. The minimum Gasteiger partial charge on any atom is -0.337 e. The fraction of sp³-hybridized carbons (Fsp3) is 0.417. The highest BCUT2D eigenvalue weighted by Crippen LogP contribution is 2.21. The highest BCUT2D eigenvalue weighted by atomic mass is 15.1. The van der Waals surface area contributed by atoms with Gasteiger partial charge in [-0.2, -0.15) is 5.10 Å². The molecule has 0 aromatic carbocycles. The van der Waals surface area contributed by atoms with Crippen LogP contribution in [0.1, 0.15) is 32.3 Å². The van der Waals surface area contributed by atoms with Gasteiger partial charge < -0.3 is 5.32 Å². The van der Waals surface area contributed by atoms with Gasteiger partial charge in [0.05, 0.1) is 17.6 Å². The molecule has 0 saturated carbocycles. The summed E-state index contributed by atoms with van der Waals surface area (Å²) in [6, 6.07) is 1.85. The summed E-state index contributed by atoms with van der Waals surface area (Å²) < 4.78 is 0. The molecule has 17 heavy (non-hydrogen) atoms. The Kier molecular flexibility index (Phi) is 2.83. The number of nitrogens with zero attached hydrogens (tertiary/aromatic N) is 3. The Morgan fingerprint density at radius 3 is 2.65 bits per heavy atom. The van der Waals surface area contributed by atoms with Gasteiger partial charge in [0, 0.05) is 11.6 Å². The second kappa shape index (κ2) is 4.16. The Balaban J connectivity index is 2.26. The SMILES string of the molecule is Cc1[nH]ncc1Nc1ccnc(C(C)(C)C)n1. The van der Waals surface area contributed by atoms with Gasteiger partial charge in [-0.3, -0.25) is 5.10 Å². The molecular formula is C12H17N5. The van der Waals surface area contributed by atoms with Crippen LogP contribution in [0.3, 0.4) is 0 Å². The third kappa shape index (κ3) is 2.61. The van der Waals surface area contributed by atoms with Crippen LogP contribution in [0.5, 0.6) is 0 Å². The van der Waals surface area contributed by atoms with E-state index in [1.807, 2.05) is 13.0 Å². The molecule has 0 radical (unpaired) electrons. The maximum Gasteiger partial charge on any atom is 0.135 e. The van der Waals surface area contributed by atoms with E-state index in [9.17, 15) is 0 Å². The zero-order valence-electron chi connectivity index (χ0n) is 10.6. The van der Waals surface area contributed by atoms with E-state index in [1.54, 1.807) is 12.4 Å². The molecular weight excluding hydrogens is 214 g/mol. The molecule has 0 bridgehead atoms. The van der Waals surface area contributed by atoms with E-state index in [2.05, 4.69) is 46.3 Å². The number of aryl methyl sites for hydroxylation is 1. The minimum absolute atomic E-state index is 0.0524. The van der Waals surface area contributed by atoms with Crippen LogP contribution in [0, 0.1) is 6.92 Å². The van der Waals surface area contributed by atoms with Gasteiger partial charge in [-0.05, 0) is 13.0 Å². The first-order valence-corrected chi connectivity index (χ1v) is 5.57. The minimum atomic E-state index is -0.0524. The quantitative estimate of drug-likeness (QED) is 0.833. The standard InChI is InChI=1S/C12H17N5/c1-8-9(7-14-17-8)15-10-5-6-13-11(16-10)12(2,3)4/h5-7H,1-4H3,(H,14,17)(H,13,15,16). The van der Waals surface area contributed by atoms with Crippen LogP contribution in [-0.2, 0) is 5.41 Å². The maximum atomic E-state index is 4.50. The second-order valence-electron chi connectivity index (χ2n) is 5.05. The monoisotopic (exact) mass is 231 g/mol. The van der Waals surface area contributed by atoms with E-state index in [4.69, 9.17) is 0 Å². The van der Waals surface area contributed by atoms with Crippen molar-refractivity contribution in [3.63, 3.8) is 0 Å². The third-order valence-electron chi connectivity index (χ3n) is 2.42. The summed E-state index contributed by atoms with van der Waals surface area (Å²) in [6.45, 7) is 8.24. The molecule has 2 aromatic heterocycles. The van der Waals surface area contributed by atoms with Crippen molar-refractivity contribution in [1.82, 2.24) is 20.2 Å². The van der Waals surface area contributed by atoms with Gasteiger partial charge in [-0.15, -0.1) is 0 Å². The molecule has 2 N–H and O–H groups in total. The largest absolute Gasteiger partial charge is 0.337 e. The smallest absolute Gasteiger partial charge is 0.135 e. The van der Waals surface area contributed by atoms with E-state index in [0.29, 0.717) is 0 Å². The number of hydrogen-bond acceptors (Lipinski definition) is 4. The Hall–Kier alpha value is -1.91. The molecule has 0 aliphatic rings. The van der Waals surface area contributed by atoms with E-state index in [0.717, 1.165) is 23.0 Å². The lowest BCUT2D eigenvalue weighted by Gasteiger charge is -2.16. The summed E-state index contributed by atoms with van der Waals surface area (Å²) >= 11 is 0. The van der Waals surface area contributed by atoms with Gasteiger partial charge in [0.15, 0.2) is 0 Å². The predicted octanol–water partition coefficient (Wildman–Crippen LogP) is 2.55. The molecule has 0 aliphatic carbocycles. The summed E-state index contributed by atoms with van der Waals surface area (Å²) in [5.74, 6) is 1.61. The van der Waals surface area contributed by atoms with Gasteiger partial charge >= 0.3 is 0 Å². The van der Waals surface area contributed by atoms with Crippen molar-refractivity contribution in [2.24, 2.45) is 0 Å². The highest BCUT2D eigenvalue weighted by molar-refractivity contribution is 5.57. The molecule has 2 rings (SSSR count). The van der Waals surface area contributed by atoms with E-state index >= 15 is 0 Å². The Bertz CT molecular complexity index is 510. The first-order chi connectivity index (χ1) is 7.97. The molecule has 2 heterocycles. The number of nitrogens with one attached hydrogen (secondary N) is 2. The topological polar surface area (TPSA) is 66.5 Å². The molecule has 0 spiro atoms. The highest BCUT2D eigenvalue weighted by Gasteiger charge is 2.17. The van der Waals surface area contributed by atoms with Gasteiger partial charge in [-0.1, -0.05) is 20.8 Å². The van der Waals surface area contributed by atoms with Gasteiger partial charge in [0.1, 0.15) is 11.6 Å². The van der Waals surface area contributed by atoms with Crippen molar-refractivity contribution in [2.45, 2.75) is 33.1 Å². The zero-order chi connectivity index (χ0) is 12.5. The summed E-state index contributed by atoms with van der Waals surface area (Å²) in [5, 5.41) is 10.1. The van der Waals surface area contributed by atoms with Crippen LogP contribution in [0.15, 0.2) is 18.5 Å². The summed E-state index contributed by atoms with van der Waals surface area (Å²) in [4.78, 5) is 8.78. The summed E-state index contributed by atoms with van der Waals surface area (Å²) in [5.41, 5.74) is 1.87. The average Bonchev–Trinajstić information content (AvgIpc) is 2.64. The van der Waals surface area contributed by atoms with Crippen molar-refractivity contribution in [2.75, 3.05) is 5.32 Å². The number of H-pyrrole nitrogens is 1. The lowest BCUT2D eigenvalue weighted by molar-refractivity contribution is 0.546. The molecule has 0 fully saturated rings. The van der Waals surface area contributed by atoms with Gasteiger partial charge in [-0.25, -0.2) is 9.97 Å². The first kappa shape index (κ1) is 11.6. The zero-order valence-corrected chi connectivity index (χ0v) is 10.6. The Morgan fingerprint density at radius 2 is 2.06 bits per heavy atom. The van der Waals surface area contributed by atoms with E-state index < -0.39 is 0 Å². The number of aromatic amines is 1. The lowest BCUT2D eigenvalue weighted by Crippen LogP contribution is -2.16. The number of hydrogen-bond donors (Lipinski definition) is 2. The molecule has 0 atom stereocenters. The predicted molar refractivity (Wildman–Crippen MR) is 67.3 cm³/mol. The molecule has 0 aliphatic heterocycles. The maximum absolute atomic E-state index is 4.50. The first-order valence-electron chi connectivity index (χ1n) is 5.57. The van der Waals surface area contributed by atoms with E-state index in [1.165, 1.54) is 0 Å². The summed E-state index contributed by atoms with van der Waals surface area (Å²) in [6.07, 6.45) is 3.51. The van der Waals surface area contributed by atoms with Gasteiger partial charge in [0.25, 0.3) is 0 Å². The molecule has 0 unspecified atom stereocenters. The van der Waals surface area contributed by atoms with Crippen LogP contribution in [0.4, 0.5) is 11.5 Å². The van der Waals surface area contributed by atoms with Crippen LogP contribution in [0.25, 0.3) is 0 Å². The normalized spacial score (nSPS) is 11.5. The Morgan fingerprint density at radius 1 is 1.29 bits per heavy atom. The molecule has 0 amide bonds. The Labute approximate surface area is 101 Å². The van der Waals surface area contributed by atoms with Crippen LogP contribution in [-0.4, -0.2) is 20.2 Å². The second-order valence-corrected chi connectivity index (χ2v) is 5.05. The number of rotatable bonds is 2. The number of aromatic nitrogens is 4. The van der Waals surface area contributed by atoms with Gasteiger partial charge in [0.2, 0.25) is 0 Å². The molecule has 5 heteroatoms. The molecule has 2 aromatic rings. The third-order valence-corrected chi connectivity index (χ3v) is 2.42. The van der Waals surface area contributed by atoms with E-state index in [-0.39, 0.29) is 5.41 Å².